The van der Waals surface area contributed by atoms with Crippen molar-refractivity contribution in [2.75, 3.05) is 24.3 Å². The molecule has 0 saturated heterocycles. The molecular weight excluding hydrogens is 420 g/mol. The molecule has 146 valence electrons. The van der Waals surface area contributed by atoms with E-state index in [9.17, 15) is 4.79 Å². The van der Waals surface area contributed by atoms with Gasteiger partial charge < -0.3 is 10.2 Å². The van der Waals surface area contributed by atoms with E-state index >= 15 is 0 Å². The zero-order valence-corrected chi connectivity index (χ0v) is 17.8. The first-order valence-electron chi connectivity index (χ1n) is 9.43. The fourth-order valence-electron chi connectivity index (χ4n) is 3.70. The Balaban J connectivity index is 1.78. The molecule has 8 heteroatoms. The maximum atomic E-state index is 13.0. The maximum absolute atomic E-state index is 13.0. The molecule has 1 saturated carbocycles. The lowest BCUT2D eigenvalue weighted by atomic mass is 10.1. The van der Waals surface area contributed by atoms with Gasteiger partial charge in [-0.2, -0.15) is 4.98 Å². The molecule has 1 aliphatic rings. The summed E-state index contributed by atoms with van der Waals surface area (Å²) in [7, 11) is 3.94. The fourth-order valence-corrected chi connectivity index (χ4v) is 4.11. The topological polar surface area (TPSA) is 75.9 Å². The van der Waals surface area contributed by atoms with Crippen LogP contribution in [0.2, 0.25) is 0 Å². The van der Waals surface area contributed by atoms with E-state index in [0.717, 1.165) is 42.3 Å². The Kier molecular flexibility index (Phi) is 5.05. The molecule has 0 amide bonds. The van der Waals surface area contributed by atoms with E-state index < -0.39 is 0 Å². The third-order valence-corrected chi connectivity index (χ3v) is 6.26. The Morgan fingerprint density at radius 2 is 1.93 bits per heavy atom. The Labute approximate surface area is 172 Å². The molecule has 7 nitrogen and oxygen atoms in total. The van der Waals surface area contributed by atoms with Crippen molar-refractivity contribution in [1.82, 2.24) is 19.5 Å². The van der Waals surface area contributed by atoms with Gasteiger partial charge in [0.2, 0.25) is 5.95 Å². The molecule has 0 bridgehead atoms. The Morgan fingerprint density at radius 1 is 1.18 bits per heavy atom. The van der Waals surface area contributed by atoms with E-state index in [1.165, 1.54) is 0 Å². The number of pyridine rings is 2. The first-order chi connectivity index (χ1) is 13.5. The molecule has 28 heavy (non-hydrogen) atoms. The zero-order chi connectivity index (χ0) is 19.8. The number of anilines is 3. The van der Waals surface area contributed by atoms with Gasteiger partial charge in [-0.1, -0.05) is 12.8 Å². The van der Waals surface area contributed by atoms with Gasteiger partial charge in [-0.25, -0.2) is 9.97 Å². The van der Waals surface area contributed by atoms with Crippen LogP contribution in [0.4, 0.5) is 17.5 Å². The highest BCUT2D eigenvalue weighted by molar-refractivity contribution is 9.10. The second-order valence-electron chi connectivity index (χ2n) is 7.40. The summed E-state index contributed by atoms with van der Waals surface area (Å²) in [5.41, 5.74) is 2.55. The van der Waals surface area contributed by atoms with Crippen molar-refractivity contribution in [3.8, 4) is 0 Å². The summed E-state index contributed by atoms with van der Waals surface area (Å²) in [5.74, 6) is 1.10. The molecule has 0 spiro atoms. The number of halogens is 1. The van der Waals surface area contributed by atoms with Crippen LogP contribution in [0.3, 0.4) is 0 Å². The van der Waals surface area contributed by atoms with E-state index in [1.54, 1.807) is 12.4 Å². The number of hydrogen-bond acceptors (Lipinski definition) is 6. The lowest BCUT2D eigenvalue weighted by molar-refractivity contribution is 0.514. The summed E-state index contributed by atoms with van der Waals surface area (Å²) in [6, 6.07) is 4.05. The SMILES string of the molecule is Cc1c(Br)c(=O)n(C2CCCC2)c2nc(Nc3ccc(N(C)C)cn3)ncc12. The largest absolute Gasteiger partial charge is 0.376 e. The molecule has 3 aromatic heterocycles. The van der Waals surface area contributed by atoms with E-state index in [2.05, 4.69) is 31.2 Å². The van der Waals surface area contributed by atoms with Crippen molar-refractivity contribution >= 4 is 44.4 Å². The van der Waals surface area contributed by atoms with Gasteiger partial charge in [-0.3, -0.25) is 9.36 Å². The summed E-state index contributed by atoms with van der Waals surface area (Å²) < 4.78 is 2.44. The number of nitrogens with one attached hydrogen (secondary N) is 1. The smallest absolute Gasteiger partial charge is 0.267 e. The van der Waals surface area contributed by atoms with Crippen LogP contribution >= 0.6 is 15.9 Å². The number of nitrogens with zero attached hydrogens (tertiary/aromatic N) is 5. The highest BCUT2D eigenvalue weighted by Gasteiger charge is 2.23. The van der Waals surface area contributed by atoms with Gasteiger partial charge in [0.05, 0.1) is 16.4 Å². The summed E-state index contributed by atoms with van der Waals surface area (Å²) in [6.45, 7) is 1.92. The average molecular weight is 443 g/mol. The minimum atomic E-state index is -0.0185. The molecule has 3 aromatic rings. The van der Waals surface area contributed by atoms with Gasteiger partial charge in [0.25, 0.3) is 5.56 Å². The van der Waals surface area contributed by atoms with Gasteiger partial charge in [-0.15, -0.1) is 0 Å². The standard InChI is InChI=1S/C20H23BrN6O/c1-12-15-11-23-20(24-16-9-8-14(10-22-16)26(2)3)25-18(15)27(19(28)17(12)21)13-6-4-5-7-13/h8-11,13H,4-7H2,1-3H3,(H,22,23,24,25). The van der Waals surface area contributed by atoms with Crippen LogP contribution < -0.4 is 15.8 Å². The predicted octanol–water partition coefficient (Wildman–Crippen LogP) is 4.18. The minimum Gasteiger partial charge on any atom is -0.376 e. The van der Waals surface area contributed by atoms with Crippen molar-refractivity contribution in [2.24, 2.45) is 0 Å². The van der Waals surface area contributed by atoms with E-state index in [4.69, 9.17) is 4.98 Å². The van der Waals surface area contributed by atoms with Gasteiger partial charge >= 0.3 is 0 Å². The van der Waals surface area contributed by atoms with Crippen molar-refractivity contribution in [3.63, 3.8) is 0 Å². The molecular formula is C20H23BrN6O. The second kappa shape index (κ2) is 7.50. The van der Waals surface area contributed by atoms with Crippen LogP contribution in [0.25, 0.3) is 11.0 Å². The number of aryl methyl sites for hydroxylation is 1. The Bertz CT molecular complexity index is 1070. The average Bonchev–Trinajstić information content (AvgIpc) is 3.21. The number of aromatic nitrogens is 4. The number of rotatable bonds is 4. The van der Waals surface area contributed by atoms with Crippen LogP contribution in [0.15, 0.2) is 33.8 Å². The van der Waals surface area contributed by atoms with Crippen LogP contribution in [-0.4, -0.2) is 33.6 Å². The van der Waals surface area contributed by atoms with Crippen molar-refractivity contribution in [2.45, 2.75) is 38.6 Å². The number of fused-ring (bicyclic) bond motifs is 1. The van der Waals surface area contributed by atoms with Gasteiger partial charge in [0, 0.05) is 31.7 Å². The molecule has 0 atom stereocenters. The lowest BCUT2D eigenvalue weighted by Crippen LogP contribution is -2.26. The first kappa shape index (κ1) is 18.9. The van der Waals surface area contributed by atoms with Crippen molar-refractivity contribution in [1.29, 1.82) is 0 Å². The van der Waals surface area contributed by atoms with Crippen molar-refractivity contribution in [3.05, 3.63) is 44.9 Å². The first-order valence-corrected chi connectivity index (χ1v) is 10.2. The van der Waals surface area contributed by atoms with Crippen LogP contribution in [0.1, 0.15) is 37.3 Å². The molecule has 1 fully saturated rings. The van der Waals surface area contributed by atoms with E-state index in [0.29, 0.717) is 21.9 Å². The monoisotopic (exact) mass is 442 g/mol. The van der Waals surface area contributed by atoms with Gasteiger partial charge in [0.15, 0.2) is 0 Å². The van der Waals surface area contributed by atoms with Gasteiger partial charge in [0.1, 0.15) is 11.5 Å². The maximum Gasteiger partial charge on any atom is 0.267 e. The molecule has 1 aliphatic carbocycles. The Hall–Kier alpha value is -2.48. The van der Waals surface area contributed by atoms with Crippen molar-refractivity contribution < 1.29 is 0 Å². The summed E-state index contributed by atoms with van der Waals surface area (Å²) in [4.78, 5) is 28.5. The second-order valence-corrected chi connectivity index (χ2v) is 8.20. The normalized spacial score (nSPS) is 14.6. The number of hydrogen-bond donors (Lipinski definition) is 1. The molecule has 0 radical (unpaired) electrons. The summed E-state index contributed by atoms with van der Waals surface area (Å²) >= 11 is 3.47. The molecule has 0 aliphatic heterocycles. The molecule has 1 N–H and O–H groups in total. The van der Waals surface area contributed by atoms with E-state index in [1.807, 2.05) is 42.6 Å². The third-order valence-electron chi connectivity index (χ3n) is 5.33. The highest BCUT2D eigenvalue weighted by atomic mass is 79.9. The summed E-state index contributed by atoms with van der Waals surface area (Å²) in [5, 5.41) is 4.04. The molecule has 0 aromatic carbocycles. The lowest BCUT2D eigenvalue weighted by Gasteiger charge is -2.18. The highest BCUT2D eigenvalue weighted by Crippen LogP contribution is 2.32. The molecule has 4 rings (SSSR count). The van der Waals surface area contributed by atoms with Gasteiger partial charge in [-0.05, 0) is 53.4 Å². The zero-order valence-electron chi connectivity index (χ0n) is 16.2. The fraction of sp³-hybridized carbons (Fsp3) is 0.400. The Morgan fingerprint density at radius 3 is 2.57 bits per heavy atom. The van der Waals surface area contributed by atoms with Crippen LogP contribution in [-0.2, 0) is 0 Å². The summed E-state index contributed by atoms with van der Waals surface area (Å²) in [6.07, 6.45) is 7.86. The minimum absolute atomic E-state index is 0.0185. The van der Waals surface area contributed by atoms with Crippen LogP contribution in [0, 0.1) is 6.92 Å². The molecule has 0 unspecified atom stereocenters. The third kappa shape index (κ3) is 3.37. The quantitative estimate of drug-likeness (QED) is 0.652. The van der Waals surface area contributed by atoms with Crippen LogP contribution in [0.5, 0.6) is 0 Å². The van der Waals surface area contributed by atoms with E-state index in [-0.39, 0.29) is 11.6 Å². The predicted molar refractivity (Wildman–Crippen MR) is 116 cm³/mol. The molecule has 3 heterocycles.